The number of nitrogens with one attached hydrogen (secondary N) is 1. The molecule has 0 aliphatic rings. The molecule has 0 aliphatic carbocycles. The summed E-state index contributed by atoms with van der Waals surface area (Å²) in [6.45, 7) is 2.78. The average molecular weight is 285 g/mol. The third kappa shape index (κ3) is 2.74. The Kier molecular flexibility index (Phi) is 3.93. The molecule has 108 valence electrons. The fourth-order valence-corrected chi connectivity index (χ4v) is 1.78. The zero-order valence-electron chi connectivity index (χ0n) is 10.9. The van der Waals surface area contributed by atoms with E-state index in [4.69, 9.17) is 9.63 Å². The third-order valence-electron chi connectivity index (χ3n) is 2.75. The van der Waals surface area contributed by atoms with Crippen molar-refractivity contribution in [1.29, 1.82) is 0 Å². The van der Waals surface area contributed by atoms with E-state index in [0.717, 1.165) is 0 Å². The molecule has 1 amide bonds. The first kappa shape index (κ1) is 14.3. The number of pyridine rings is 1. The smallest absolute Gasteiger partial charge is 0.265 e. The predicted octanol–water partition coefficient (Wildman–Crippen LogP) is 1.20. The number of aliphatic hydroxyl groups is 1. The molecule has 0 aliphatic heterocycles. The van der Waals surface area contributed by atoms with Gasteiger partial charge < -0.3 is 14.9 Å². The molecule has 20 heavy (non-hydrogen) atoms. The van der Waals surface area contributed by atoms with Crippen molar-refractivity contribution in [2.45, 2.75) is 26.4 Å². The van der Waals surface area contributed by atoms with Crippen molar-refractivity contribution in [3.63, 3.8) is 0 Å². The number of halogens is 2. The Morgan fingerprint density at radius 3 is 2.85 bits per heavy atom. The molecule has 6 nitrogen and oxygen atoms in total. The second-order valence-corrected chi connectivity index (χ2v) is 4.37. The number of aromatic nitrogens is 2. The van der Waals surface area contributed by atoms with Gasteiger partial charge in [0.05, 0.1) is 16.6 Å². The van der Waals surface area contributed by atoms with Gasteiger partial charge in [-0.1, -0.05) is 5.16 Å². The summed E-state index contributed by atoms with van der Waals surface area (Å²) in [5, 5.41) is 15.4. The molecule has 0 saturated heterocycles. The highest BCUT2D eigenvalue weighted by Gasteiger charge is 2.21. The number of aryl methyl sites for hydroxylation is 2. The number of aliphatic hydroxyl groups excluding tert-OH is 1. The molecule has 1 atom stereocenters. The normalized spacial score (nSPS) is 12.9. The van der Waals surface area contributed by atoms with Gasteiger partial charge in [-0.3, -0.25) is 4.79 Å². The van der Waals surface area contributed by atoms with E-state index >= 15 is 0 Å². The first-order chi connectivity index (χ1) is 9.40. The molecule has 0 spiro atoms. The van der Waals surface area contributed by atoms with Crippen molar-refractivity contribution in [3.05, 3.63) is 23.0 Å². The predicted molar refractivity (Wildman–Crippen MR) is 65.6 cm³/mol. The second kappa shape index (κ2) is 5.49. The lowest BCUT2D eigenvalue weighted by Gasteiger charge is -2.11. The number of rotatable bonds is 4. The van der Waals surface area contributed by atoms with Crippen LogP contribution in [-0.4, -0.2) is 40.2 Å². The van der Waals surface area contributed by atoms with Crippen molar-refractivity contribution in [2.75, 3.05) is 6.54 Å². The standard InChI is InChI=1S/C12H13F2N3O3/c1-5-3-7(9-6(2)17-20-12(9)16-5)11(19)15-4-8(18)10(13)14/h3,8,10,18H,4H2,1-2H3,(H,15,19). The van der Waals surface area contributed by atoms with Crippen LogP contribution in [0.15, 0.2) is 10.6 Å². The summed E-state index contributed by atoms with van der Waals surface area (Å²) in [5.41, 5.74) is 1.45. The van der Waals surface area contributed by atoms with E-state index in [9.17, 15) is 13.6 Å². The van der Waals surface area contributed by atoms with E-state index in [2.05, 4.69) is 15.5 Å². The van der Waals surface area contributed by atoms with Gasteiger partial charge in [0.1, 0.15) is 6.10 Å². The molecule has 0 bridgehead atoms. The molecule has 0 saturated carbocycles. The number of alkyl halides is 2. The van der Waals surface area contributed by atoms with Gasteiger partial charge in [-0.15, -0.1) is 0 Å². The lowest BCUT2D eigenvalue weighted by atomic mass is 10.1. The number of fused-ring (bicyclic) bond motifs is 1. The van der Waals surface area contributed by atoms with Crippen LogP contribution in [0.5, 0.6) is 0 Å². The highest BCUT2D eigenvalue weighted by atomic mass is 19.3. The first-order valence-electron chi connectivity index (χ1n) is 5.88. The molecule has 8 heteroatoms. The van der Waals surface area contributed by atoms with Gasteiger partial charge in [0.15, 0.2) is 0 Å². The van der Waals surface area contributed by atoms with Crippen LogP contribution in [0.2, 0.25) is 0 Å². The summed E-state index contributed by atoms with van der Waals surface area (Å²) in [7, 11) is 0. The number of nitrogens with zero attached hydrogens (tertiary/aromatic N) is 2. The summed E-state index contributed by atoms with van der Waals surface area (Å²) in [4.78, 5) is 16.1. The van der Waals surface area contributed by atoms with Crippen LogP contribution in [-0.2, 0) is 0 Å². The minimum absolute atomic E-state index is 0.210. The van der Waals surface area contributed by atoms with Crippen LogP contribution in [0, 0.1) is 13.8 Å². The van der Waals surface area contributed by atoms with Crippen LogP contribution in [0.25, 0.3) is 11.1 Å². The van der Waals surface area contributed by atoms with Gasteiger partial charge in [-0.2, -0.15) is 0 Å². The van der Waals surface area contributed by atoms with Gasteiger partial charge in [0.2, 0.25) is 0 Å². The maximum Gasteiger partial charge on any atom is 0.265 e. The van der Waals surface area contributed by atoms with Gasteiger partial charge >= 0.3 is 0 Å². The van der Waals surface area contributed by atoms with E-state index in [-0.39, 0.29) is 11.3 Å². The maximum absolute atomic E-state index is 12.2. The number of hydrogen-bond donors (Lipinski definition) is 2. The highest BCUT2D eigenvalue weighted by molar-refractivity contribution is 6.06. The van der Waals surface area contributed by atoms with E-state index in [0.29, 0.717) is 16.8 Å². The van der Waals surface area contributed by atoms with Crippen LogP contribution >= 0.6 is 0 Å². The quantitative estimate of drug-likeness (QED) is 0.881. The second-order valence-electron chi connectivity index (χ2n) is 4.37. The molecular weight excluding hydrogens is 272 g/mol. The number of amides is 1. The molecule has 2 heterocycles. The molecular formula is C12H13F2N3O3. The summed E-state index contributed by atoms with van der Waals surface area (Å²) in [5.74, 6) is -0.591. The monoisotopic (exact) mass is 285 g/mol. The summed E-state index contributed by atoms with van der Waals surface area (Å²) >= 11 is 0. The van der Waals surface area contributed by atoms with Crippen molar-refractivity contribution >= 4 is 17.0 Å². The minimum atomic E-state index is -2.91. The molecule has 2 N–H and O–H groups in total. The van der Waals surface area contributed by atoms with E-state index in [1.54, 1.807) is 13.8 Å². The van der Waals surface area contributed by atoms with Crippen LogP contribution in [0.3, 0.4) is 0 Å². The Morgan fingerprint density at radius 2 is 2.20 bits per heavy atom. The topological polar surface area (TPSA) is 88.2 Å². The van der Waals surface area contributed by atoms with Crippen molar-refractivity contribution < 1.29 is 23.2 Å². The van der Waals surface area contributed by atoms with Crippen molar-refractivity contribution in [2.24, 2.45) is 0 Å². The number of hydrogen-bond acceptors (Lipinski definition) is 5. The Hall–Kier alpha value is -2.09. The van der Waals surface area contributed by atoms with Gasteiger partial charge in [0, 0.05) is 12.2 Å². The molecule has 2 aromatic rings. The largest absolute Gasteiger partial charge is 0.385 e. The Bertz CT molecular complexity index is 642. The lowest BCUT2D eigenvalue weighted by Crippen LogP contribution is -2.36. The highest BCUT2D eigenvalue weighted by Crippen LogP contribution is 2.21. The molecule has 0 radical (unpaired) electrons. The van der Waals surface area contributed by atoms with Crippen LogP contribution < -0.4 is 5.32 Å². The number of carbonyl (C=O) groups excluding carboxylic acids is 1. The Morgan fingerprint density at radius 1 is 1.50 bits per heavy atom. The zero-order chi connectivity index (χ0) is 14.9. The van der Waals surface area contributed by atoms with E-state index < -0.39 is 25.0 Å². The summed E-state index contributed by atoms with van der Waals surface area (Å²) < 4.78 is 29.3. The zero-order valence-corrected chi connectivity index (χ0v) is 10.9. The fraction of sp³-hybridized carbons (Fsp3) is 0.417. The molecule has 0 aromatic carbocycles. The third-order valence-corrected chi connectivity index (χ3v) is 2.75. The minimum Gasteiger partial charge on any atom is -0.385 e. The Labute approximate surface area is 112 Å². The van der Waals surface area contributed by atoms with Gasteiger partial charge in [-0.25, -0.2) is 13.8 Å². The van der Waals surface area contributed by atoms with Crippen molar-refractivity contribution in [3.8, 4) is 0 Å². The summed E-state index contributed by atoms with van der Waals surface area (Å²) in [6.07, 6.45) is -4.81. The van der Waals surface area contributed by atoms with Gasteiger partial charge in [0.25, 0.3) is 18.0 Å². The molecule has 2 rings (SSSR count). The summed E-state index contributed by atoms with van der Waals surface area (Å²) in [6, 6.07) is 1.51. The fourth-order valence-electron chi connectivity index (χ4n) is 1.78. The van der Waals surface area contributed by atoms with Crippen molar-refractivity contribution in [1.82, 2.24) is 15.5 Å². The Balaban J connectivity index is 2.28. The van der Waals surface area contributed by atoms with Crippen LogP contribution in [0.1, 0.15) is 21.7 Å². The average Bonchev–Trinajstić information content (AvgIpc) is 2.75. The lowest BCUT2D eigenvalue weighted by molar-refractivity contribution is -0.00269. The molecule has 0 fully saturated rings. The van der Waals surface area contributed by atoms with Gasteiger partial charge in [-0.05, 0) is 19.9 Å². The van der Waals surface area contributed by atoms with Crippen LogP contribution in [0.4, 0.5) is 8.78 Å². The van der Waals surface area contributed by atoms with E-state index in [1.807, 2.05) is 0 Å². The SMILES string of the molecule is Cc1cc(C(=O)NCC(O)C(F)F)c2c(C)noc2n1. The molecule has 2 aromatic heterocycles. The maximum atomic E-state index is 12.2. The molecule has 1 unspecified atom stereocenters. The van der Waals surface area contributed by atoms with E-state index in [1.165, 1.54) is 6.07 Å². The number of carbonyl (C=O) groups is 1. The first-order valence-corrected chi connectivity index (χ1v) is 5.88.